The van der Waals surface area contributed by atoms with Gasteiger partial charge in [0, 0.05) is 5.70 Å². The molecule has 0 amide bonds. The second-order valence-corrected chi connectivity index (χ2v) is 3.17. The summed E-state index contributed by atoms with van der Waals surface area (Å²) in [6, 6.07) is 3.66. The average molecular weight is 225 g/mol. The predicted octanol–water partition coefficient (Wildman–Crippen LogP) is 2.69. The molecule has 1 N–H and O–H groups in total. The summed E-state index contributed by atoms with van der Waals surface area (Å²) in [4.78, 5) is 0. The molecule has 16 heavy (non-hydrogen) atoms. The summed E-state index contributed by atoms with van der Waals surface area (Å²) in [5.41, 5.74) is 0.000188. The quantitative estimate of drug-likeness (QED) is 0.778. The van der Waals surface area contributed by atoms with Crippen LogP contribution in [0.2, 0.25) is 0 Å². The van der Waals surface area contributed by atoms with Crippen molar-refractivity contribution in [3.05, 3.63) is 54.3 Å². The first-order valence-corrected chi connectivity index (χ1v) is 4.65. The summed E-state index contributed by atoms with van der Waals surface area (Å²) < 4.78 is 31.4. The molecular formula is C12H13F2NO. The zero-order valence-electron chi connectivity index (χ0n) is 9.02. The zero-order chi connectivity index (χ0) is 12.1. The predicted molar refractivity (Wildman–Crippen MR) is 59.5 cm³/mol. The fraction of sp³-hybridized carbons (Fsp3) is 0.167. The molecule has 1 aromatic carbocycles. The van der Waals surface area contributed by atoms with Crippen molar-refractivity contribution < 1.29 is 13.5 Å². The standard InChI is InChI=1S/C12H13F2NO/c1-8(16-3)7-15-9(2)12-10(13)5-4-6-11(12)14/h4-6,15H,1-2,7H2,3H3. The highest BCUT2D eigenvalue weighted by molar-refractivity contribution is 5.62. The van der Waals surface area contributed by atoms with Crippen molar-refractivity contribution in [2.45, 2.75) is 0 Å². The van der Waals surface area contributed by atoms with E-state index in [0.29, 0.717) is 5.76 Å². The third-order valence-electron chi connectivity index (χ3n) is 2.05. The Bertz CT molecular complexity index is 395. The molecule has 0 radical (unpaired) electrons. The maximum Gasteiger partial charge on any atom is 0.135 e. The van der Waals surface area contributed by atoms with Crippen LogP contribution in [0.3, 0.4) is 0 Å². The van der Waals surface area contributed by atoms with E-state index in [-0.39, 0.29) is 17.8 Å². The van der Waals surface area contributed by atoms with Gasteiger partial charge in [0.15, 0.2) is 0 Å². The van der Waals surface area contributed by atoms with Crippen molar-refractivity contribution in [1.82, 2.24) is 5.32 Å². The number of hydrogen-bond acceptors (Lipinski definition) is 2. The lowest BCUT2D eigenvalue weighted by Crippen LogP contribution is -2.17. The molecule has 0 saturated heterocycles. The molecule has 2 nitrogen and oxygen atoms in total. The van der Waals surface area contributed by atoms with Gasteiger partial charge in [-0.3, -0.25) is 0 Å². The Morgan fingerprint density at radius 3 is 2.38 bits per heavy atom. The minimum absolute atomic E-state index is 0.161. The summed E-state index contributed by atoms with van der Waals surface area (Å²) in [6.45, 7) is 7.39. The summed E-state index contributed by atoms with van der Waals surface area (Å²) in [5.74, 6) is -0.848. The van der Waals surface area contributed by atoms with Gasteiger partial charge in [0.1, 0.15) is 17.4 Å². The fourth-order valence-electron chi connectivity index (χ4n) is 1.15. The van der Waals surface area contributed by atoms with Crippen molar-refractivity contribution in [2.24, 2.45) is 0 Å². The lowest BCUT2D eigenvalue weighted by atomic mass is 10.1. The Kier molecular flexibility index (Phi) is 4.05. The van der Waals surface area contributed by atoms with Crippen LogP contribution in [0.1, 0.15) is 5.56 Å². The molecule has 0 bridgehead atoms. The monoisotopic (exact) mass is 225 g/mol. The van der Waals surface area contributed by atoms with E-state index in [9.17, 15) is 8.78 Å². The molecule has 0 atom stereocenters. The van der Waals surface area contributed by atoms with E-state index in [0.717, 1.165) is 0 Å². The van der Waals surface area contributed by atoms with Gasteiger partial charge < -0.3 is 10.1 Å². The molecule has 0 saturated carbocycles. The highest BCUT2D eigenvalue weighted by Crippen LogP contribution is 2.18. The van der Waals surface area contributed by atoms with E-state index in [1.165, 1.54) is 25.3 Å². The van der Waals surface area contributed by atoms with E-state index >= 15 is 0 Å². The van der Waals surface area contributed by atoms with Crippen LogP contribution < -0.4 is 5.32 Å². The Morgan fingerprint density at radius 1 is 1.31 bits per heavy atom. The van der Waals surface area contributed by atoms with E-state index in [1.54, 1.807) is 0 Å². The summed E-state index contributed by atoms with van der Waals surface area (Å²) in [5, 5.41) is 2.73. The van der Waals surface area contributed by atoms with Gasteiger partial charge in [-0.15, -0.1) is 0 Å². The summed E-state index contributed by atoms with van der Waals surface area (Å²) in [6.07, 6.45) is 0. The maximum absolute atomic E-state index is 13.3. The van der Waals surface area contributed by atoms with Crippen LogP contribution in [0.15, 0.2) is 37.1 Å². The Labute approximate surface area is 93.2 Å². The van der Waals surface area contributed by atoms with Crippen LogP contribution in [0.4, 0.5) is 8.78 Å². The third-order valence-corrected chi connectivity index (χ3v) is 2.05. The summed E-state index contributed by atoms with van der Waals surface area (Å²) in [7, 11) is 1.47. The number of benzene rings is 1. The molecule has 0 aliphatic heterocycles. The van der Waals surface area contributed by atoms with Crippen LogP contribution in [0, 0.1) is 11.6 Å². The van der Waals surface area contributed by atoms with Crippen LogP contribution in [-0.4, -0.2) is 13.7 Å². The first kappa shape index (κ1) is 12.2. The minimum atomic E-state index is -0.652. The molecule has 1 rings (SSSR count). The number of rotatable bonds is 5. The van der Waals surface area contributed by atoms with Gasteiger partial charge in [0.25, 0.3) is 0 Å². The van der Waals surface area contributed by atoms with Crippen molar-refractivity contribution >= 4 is 5.70 Å². The maximum atomic E-state index is 13.3. The van der Waals surface area contributed by atoms with Gasteiger partial charge >= 0.3 is 0 Å². The molecule has 1 aromatic rings. The lowest BCUT2D eigenvalue weighted by molar-refractivity contribution is 0.285. The van der Waals surface area contributed by atoms with Gasteiger partial charge in [-0.25, -0.2) is 8.78 Å². The first-order valence-electron chi connectivity index (χ1n) is 4.65. The molecule has 0 aromatic heterocycles. The molecule has 86 valence electrons. The molecule has 4 heteroatoms. The highest BCUT2D eigenvalue weighted by atomic mass is 19.1. The molecule has 0 fully saturated rings. The van der Waals surface area contributed by atoms with Crippen molar-refractivity contribution in [3.8, 4) is 0 Å². The van der Waals surface area contributed by atoms with Gasteiger partial charge in [0.05, 0.1) is 19.2 Å². The van der Waals surface area contributed by atoms with Crippen LogP contribution in [0.5, 0.6) is 0 Å². The molecule has 0 heterocycles. The number of nitrogens with one attached hydrogen (secondary N) is 1. The van der Waals surface area contributed by atoms with Crippen LogP contribution >= 0.6 is 0 Å². The van der Waals surface area contributed by atoms with E-state index in [2.05, 4.69) is 18.5 Å². The highest BCUT2D eigenvalue weighted by Gasteiger charge is 2.11. The largest absolute Gasteiger partial charge is 0.500 e. The smallest absolute Gasteiger partial charge is 0.135 e. The van der Waals surface area contributed by atoms with Crippen molar-refractivity contribution in [2.75, 3.05) is 13.7 Å². The van der Waals surface area contributed by atoms with E-state index in [4.69, 9.17) is 4.74 Å². The third kappa shape index (κ3) is 2.82. The Hall–Kier alpha value is -1.84. The molecule has 0 spiro atoms. The van der Waals surface area contributed by atoms with Gasteiger partial charge in [-0.05, 0) is 12.1 Å². The first-order chi connectivity index (χ1) is 7.56. The SMILES string of the molecule is C=C(CNC(=C)c1c(F)cccc1F)OC. The number of ether oxygens (including phenoxy) is 1. The fourth-order valence-corrected chi connectivity index (χ4v) is 1.15. The van der Waals surface area contributed by atoms with Gasteiger partial charge in [-0.1, -0.05) is 19.2 Å². The van der Waals surface area contributed by atoms with Crippen molar-refractivity contribution in [3.63, 3.8) is 0 Å². The van der Waals surface area contributed by atoms with Gasteiger partial charge in [0.2, 0.25) is 0 Å². The van der Waals surface area contributed by atoms with Crippen LogP contribution in [0.25, 0.3) is 5.70 Å². The van der Waals surface area contributed by atoms with Crippen LogP contribution in [-0.2, 0) is 4.74 Å². The Morgan fingerprint density at radius 2 is 1.88 bits per heavy atom. The molecular weight excluding hydrogens is 212 g/mol. The lowest BCUT2D eigenvalue weighted by Gasteiger charge is -2.12. The normalized spacial score (nSPS) is 9.69. The van der Waals surface area contributed by atoms with Gasteiger partial charge in [-0.2, -0.15) is 0 Å². The van der Waals surface area contributed by atoms with E-state index < -0.39 is 11.6 Å². The molecule has 0 aliphatic rings. The molecule has 0 aliphatic carbocycles. The second kappa shape index (κ2) is 5.30. The Balaban J connectivity index is 2.77. The topological polar surface area (TPSA) is 21.3 Å². The zero-order valence-corrected chi connectivity index (χ0v) is 9.02. The number of halogens is 2. The summed E-state index contributed by atoms with van der Waals surface area (Å²) >= 11 is 0. The number of hydrogen-bond donors (Lipinski definition) is 1. The minimum Gasteiger partial charge on any atom is -0.500 e. The van der Waals surface area contributed by atoms with Crippen molar-refractivity contribution in [1.29, 1.82) is 0 Å². The van der Waals surface area contributed by atoms with E-state index in [1.807, 2.05) is 0 Å². The molecule has 0 unspecified atom stereocenters. The number of methoxy groups -OCH3 is 1. The average Bonchev–Trinajstić information content (AvgIpc) is 2.25. The second-order valence-electron chi connectivity index (χ2n) is 3.17.